The molecule has 1 N–H and O–H groups in total. The molecule has 2 saturated heterocycles. The van der Waals surface area contributed by atoms with Crippen LogP contribution in [0.1, 0.15) is 32.6 Å². The average Bonchev–Trinajstić information content (AvgIpc) is 2.73. The van der Waals surface area contributed by atoms with E-state index in [1.165, 1.54) is 6.42 Å². The first-order chi connectivity index (χ1) is 7.65. The van der Waals surface area contributed by atoms with Crippen LogP contribution >= 0.6 is 0 Å². The van der Waals surface area contributed by atoms with E-state index in [0.29, 0.717) is 11.7 Å². The summed E-state index contributed by atoms with van der Waals surface area (Å²) in [6.07, 6.45) is 3.93. The number of piperidine rings is 1. The predicted octanol–water partition coefficient (Wildman–Crippen LogP) is 0.800. The van der Waals surface area contributed by atoms with Crippen LogP contribution in [0.5, 0.6) is 0 Å². The van der Waals surface area contributed by atoms with Gasteiger partial charge in [0.15, 0.2) is 0 Å². The summed E-state index contributed by atoms with van der Waals surface area (Å²) in [5, 5.41) is 3.32. The maximum absolute atomic E-state index is 12.2. The Morgan fingerprint density at radius 3 is 2.94 bits per heavy atom. The van der Waals surface area contributed by atoms with E-state index in [2.05, 4.69) is 5.32 Å². The molecule has 0 amide bonds. The molecule has 0 aromatic carbocycles. The average molecular weight is 246 g/mol. The summed E-state index contributed by atoms with van der Waals surface area (Å²) < 4.78 is 26.1. The van der Waals surface area contributed by atoms with Crippen LogP contribution < -0.4 is 5.32 Å². The van der Waals surface area contributed by atoms with E-state index in [-0.39, 0.29) is 6.04 Å². The van der Waals surface area contributed by atoms with Crippen LogP contribution in [0.4, 0.5) is 0 Å². The largest absolute Gasteiger partial charge is 0.315 e. The third-order valence-electron chi connectivity index (χ3n) is 3.74. The molecule has 0 aliphatic carbocycles. The van der Waals surface area contributed by atoms with E-state index in [1.807, 2.05) is 6.92 Å². The van der Waals surface area contributed by atoms with Crippen molar-refractivity contribution in [1.82, 2.24) is 9.62 Å². The molecule has 2 rings (SSSR count). The predicted molar refractivity (Wildman–Crippen MR) is 64.8 cm³/mol. The van der Waals surface area contributed by atoms with Gasteiger partial charge in [0, 0.05) is 19.1 Å². The van der Waals surface area contributed by atoms with E-state index in [1.54, 1.807) is 4.31 Å². The van der Waals surface area contributed by atoms with Gasteiger partial charge in [-0.1, -0.05) is 13.3 Å². The monoisotopic (exact) mass is 246 g/mol. The number of sulfonamides is 1. The number of hydrogen-bond donors (Lipinski definition) is 1. The molecular formula is C11H22N2O2S. The van der Waals surface area contributed by atoms with Crippen molar-refractivity contribution in [3.63, 3.8) is 0 Å². The summed E-state index contributed by atoms with van der Waals surface area (Å²) in [6.45, 7) is 4.60. The van der Waals surface area contributed by atoms with E-state index < -0.39 is 10.0 Å². The van der Waals surface area contributed by atoms with Gasteiger partial charge in [0.25, 0.3) is 0 Å². The summed E-state index contributed by atoms with van der Waals surface area (Å²) in [4.78, 5) is 0. The van der Waals surface area contributed by atoms with Crippen molar-refractivity contribution in [3.05, 3.63) is 0 Å². The van der Waals surface area contributed by atoms with Crippen LogP contribution in [0.3, 0.4) is 0 Å². The van der Waals surface area contributed by atoms with Crippen molar-refractivity contribution < 1.29 is 8.42 Å². The fourth-order valence-corrected chi connectivity index (χ4v) is 4.77. The quantitative estimate of drug-likeness (QED) is 0.798. The summed E-state index contributed by atoms with van der Waals surface area (Å²) in [6, 6.07) is 0.232. The first-order valence-electron chi connectivity index (χ1n) is 6.35. The molecule has 2 atom stereocenters. The zero-order valence-electron chi connectivity index (χ0n) is 9.98. The summed E-state index contributed by atoms with van der Waals surface area (Å²) in [5.74, 6) is 0.873. The molecule has 4 nitrogen and oxygen atoms in total. The van der Waals surface area contributed by atoms with Gasteiger partial charge in [-0.15, -0.1) is 0 Å². The smallest absolute Gasteiger partial charge is 0.214 e. The van der Waals surface area contributed by atoms with Gasteiger partial charge in [0.05, 0.1) is 5.75 Å². The third kappa shape index (κ3) is 2.41. The minimum atomic E-state index is -3.01. The lowest BCUT2D eigenvalue weighted by Crippen LogP contribution is -2.49. The topological polar surface area (TPSA) is 49.4 Å². The Morgan fingerprint density at radius 2 is 2.19 bits per heavy atom. The molecule has 2 aliphatic heterocycles. The van der Waals surface area contributed by atoms with E-state index in [0.717, 1.165) is 38.9 Å². The maximum Gasteiger partial charge on any atom is 0.214 e. The molecule has 0 aromatic heterocycles. The summed E-state index contributed by atoms with van der Waals surface area (Å²) >= 11 is 0. The fourth-order valence-electron chi connectivity index (χ4n) is 2.82. The van der Waals surface area contributed by atoms with Gasteiger partial charge in [-0.2, -0.15) is 4.31 Å². The third-order valence-corrected chi connectivity index (χ3v) is 5.71. The fraction of sp³-hybridized carbons (Fsp3) is 1.00. The molecule has 2 unspecified atom stereocenters. The first kappa shape index (κ1) is 12.3. The molecule has 5 heteroatoms. The normalized spacial score (nSPS) is 31.6. The van der Waals surface area contributed by atoms with Gasteiger partial charge in [-0.25, -0.2) is 8.42 Å². The second kappa shape index (κ2) is 5.02. The number of hydrogen-bond acceptors (Lipinski definition) is 3. The van der Waals surface area contributed by atoms with Gasteiger partial charge >= 0.3 is 0 Å². The Bertz CT molecular complexity index is 329. The Hall–Kier alpha value is -0.130. The number of nitrogens with zero attached hydrogens (tertiary/aromatic N) is 1. The van der Waals surface area contributed by atoms with E-state index >= 15 is 0 Å². The van der Waals surface area contributed by atoms with Crippen molar-refractivity contribution in [3.8, 4) is 0 Å². The number of nitrogens with one attached hydrogen (secondary N) is 1. The van der Waals surface area contributed by atoms with Crippen molar-refractivity contribution in [2.24, 2.45) is 5.92 Å². The van der Waals surface area contributed by atoms with E-state index in [4.69, 9.17) is 0 Å². The Labute approximate surface area is 98.4 Å². The lowest BCUT2D eigenvalue weighted by Gasteiger charge is -2.35. The van der Waals surface area contributed by atoms with Crippen LogP contribution in [0, 0.1) is 5.92 Å². The SMILES string of the molecule is CCCCS(=O)(=O)N1CCCC2CNCC21. The molecule has 2 fully saturated rings. The number of fused-ring (bicyclic) bond motifs is 1. The highest BCUT2D eigenvalue weighted by molar-refractivity contribution is 7.89. The van der Waals surface area contributed by atoms with Crippen molar-refractivity contribution in [2.75, 3.05) is 25.4 Å². The molecule has 16 heavy (non-hydrogen) atoms. The standard InChI is InChI=1S/C11H22N2O2S/c1-2-3-7-16(14,15)13-6-4-5-10-8-12-9-11(10)13/h10-12H,2-9H2,1H3. The second-order valence-corrected chi connectivity index (χ2v) is 6.95. The molecule has 0 aromatic rings. The van der Waals surface area contributed by atoms with Crippen LogP contribution in [-0.2, 0) is 10.0 Å². The maximum atomic E-state index is 12.2. The summed E-state index contributed by atoms with van der Waals surface area (Å²) in [5.41, 5.74) is 0. The zero-order chi connectivity index (χ0) is 11.6. The lowest BCUT2D eigenvalue weighted by molar-refractivity contribution is 0.217. The van der Waals surface area contributed by atoms with Crippen LogP contribution in [0.15, 0.2) is 0 Å². The highest BCUT2D eigenvalue weighted by atomic mass is 32.2. The highest BCUT2D eigenvalue weighted by Crippen LogP contribution is 2.28. The second-order valence-electron chi connectivity index (χ2n) is 4.91. The van der Waals surface area contributed by atoms with Crippen molar-refractivity contribution in [2.45, 2.75) is 38.6 Å². The minimum absolute atomic E-state index is 0.232. The Kier molecular flexibility index (Phi) is 3.87. The van der Waals surface area contributed by atoms with Crippen LogP contribution in [0.25, 0.3) is 0 Å². The Morgan fingerprint density at radius 1 is 1.38 bits per heavy atom. The van der Waals surface area contributed by atoms with Gasteiger partial charge in [0.1, 0.15) is 0 Å². The molecule has 0 saturated carbocycles. The number of rotatable bonds is 4. The lowest BCUT2D eigenvalue weighted by atomic mass is 9.94. The molecular weight excluding hydrogens is 224 g/mol. The molecule has 2 aliphatic rings. The van der Waals surface area contributed by atoms with Crippen LogP contribution in [0.2, 0.25) is 0 Å². The van der Waals surface area contributed by atoms with E-state index in [9.17, 15) is 8.42 Å². The molecule has 0 spiro atoms. The molecule has 0 bridgehead atoms. The minimum Gasteiger partial charge on any atom is -0.315 e. The zero-order valence-corrected chi connectivity index (χ0v) is 10.8. The first-order valence-corrected chi connectivity index (χ1v) is 7.96. The van der Waals surface area contributed by atoms with Gasteiger partial charge in [-0.05, 0) is 31.7 Å². The van der Waals surface area contributed by atoms with Gasteiger partial charge < -0.3 is 5.32 Å². The van der Waals surface area contributed by atoms with Crippen LogP contribution in [-0.4, -0.2) is 44.2 Å². The van der Waals surface area contributed by atoms with Gasteiger partial charge in [0.2, 0.25) is 10.0 Å². The molecule has 2 heterocycles. The van der Waals surface area contributed by atoms with Crippen molar-refractivity contribution in [1.29, 1.82) is 0 Å². The molecule has 0 radical (unpaired) electrons. The van der Waals surface area contributed by atoms with Crippen molar-refractivity contribution >= 4 is 10.0 Å². The molecule has 94 valence electrons. The van der Waals surface area contributed by atoms with Gasteiger partial charge in [-0.3, -0.25) is 0 Å². The number of unbranched alkanes of at least 4 members (excludes halogenated alkanes) is 1. The Balaban J connectivity index is 2.07. The highest BCUT2D eigenvalue weighted by Gasteiger charge is 2.40. The summed E-state index contributed by atoms with van der Waals surface area (Å²) in [7, 11) is -3.01.